The zero-order valence-electron chi connectivity index (χ0n) is 8.00. The lowest BCUT2D eigenvalue weighted by atomic mass is 10.3. The van der Waals surface area contributed by atoms with Gasteiger partial charge >= 0.3 is 0 Å². The number of benzene rings is 1. The molecule has 1 aromatic carbocycles. The van der Waals surface area contributed by atoms with E-state index in [0.717, 1.165) is 0 Å². The number of rotatable bonds is 4. The summed E-state index contributed by atoms with van der Waals surface area (Å²) in [4.78, 5) is 0. The summed E-state index contributed by atoms with van der Waals surface area (Å²) >= 11 is 0. The first-order valence-corrected chi connectivity index (χ1v) is 5.86. The van der Waals surface area contributed by atoms with Crippen LogP contribution in [0.15, 0.2) is 12.1 Å². The molecule has 8 heteroatoms. The summed E-state index contributed by atoms with van der Waals surface area (Å²) in [6.45, 7) is -0.137. The van der Waals surface area contributed by atoms with Gasteiger partial charge < -0.3 is 5.73 Å². The molecule has 0 saturated heterocycles. The second kappa shape index (κ2) is 4.71. The number of anilines is 1. The third-order valence-electron chi connectivity index (χ3n) is 1.64. The van der Waals surface area contributed by atoms with Crippen molar-refractivity contribution in [1.29, 1.82) is 0 Å². The van der Waals surface area contributed by atoms with Crippen molar-refractivity contribution < 1.29 is 21.6 Å². The van der Waals surface area contributed by atoms with Crippen molar-refractivity contribution in [2.24, 2.45) is 5.73 Å². The molecule has 0 heterocycles. The van der Waals surface area contributed by atoms with E-state index in [2.05, 4.69) is 0 Å². The van der Waals surface area contributed by atoms with Gasteiger partial charge in [0.25, 0.3) is 0 Å². The van der Waals surface area contributed by atoms with Gasteiger partial charge in [0.1, 0.15) is 0 Å². The molecule has 0 aliphatic carbocycles. The van der Waals surface area contributed by atoms with Crippen LogP contribution in [0.5, 0.6) is 0 Å². The summed E-state index contributed by atoms with van der Waals surface area (Å²) in [6, 6.07) is 1.10. The maximum Gasteiger partial charge on any atom is 0.233 e. The minimum Gasteiger partial charge on any atom is -0.329 e. The average Bonchev–Trinajstić information content (AvgIpc) is 2.13. The van der Waals surface area contributed by atoms with Crippen LogP contribution in [0, 0.1) is 17.5 Å². The summed E-state index contributed by atoms with van der Waals surface area (Å²) < 4.78 is 62.2. The van der Waals surface area contributed by atoms with Crippen molar-refractivity contribution in [3.05, 3.63) is 29.6 Å². The van der Waals surface area contributed by atoms with E-state index in [1.54, 1.807) is 0 Å². The van der Waals surface area contributed by atoms with Gasteiger partial charge in [0.15, 0.2) is 17.5 Å². The standard InChI is InChI=1S/C8H9F3N2O2S/c9-6-3-5(4-7(10)8(6)11)13-16(14,15)2-1-12/h3-4,13H,1-2,12H2. The van der Waals surface area contributed by atoms with Crippen LogP contribution in [0.25, 0.3) is 0 Å². The van der Waals surface area contributed by atoms with Crippen LogP contribution in [-0.4, -0.2) is 20.7 Å². The molecule has 4 nitrogen and oxygen atoms in total. The maximum absolute atomic E-state index is 12.7. The largest absolute Gasteiger partial charge is 0.329 e. The Bertz CT molecular complexity index is 467. The zero-order valence-corrected chi connectivity index (χ0v) is 8.82. The topological polar surface area (TPSA) is 72.2 Å². The molecule has 90 valence electrons. The molecule has 0 aromatic heterocycles. The first kappa shape index (κ1) is 12.8. The van der Waals surface area contributed by atoms with Crippen LogP contribution in [0.2, 0.25) is 0 Å². The van der Waals surface area contributed by atoms with Gasteiger partial charge in [-0.3, -0.25) is 4.72 Å². The molecular weight excluding hydrogens is 245 g/mol. The molecule has 0 atom stereocenters. The Labute approximate surface area is 90.3 Å². The van der Waals surface area contributed by atoms with E-state index in [-0.39, 0.29) is 12.2 Å². The fraction of sp³-hybridized carbons (Fsp3) is 0.250. The number of sulfonamides is 1. The normalized spacial score (nSPS) is 11.5. The lowest BCUT2D eigenvalue weighted by molar-refractivity contribution is 0.448. The van der Waals surface area contributed by atoms with Gasteiger partial charge in [-0.15, -0.1) is 0 Å². The summed E-state index contributed by atoms with van der Waals surface area (Å²) in [5.41, 5.74) is 4.64. The van der Waals surface area contributed by atoms with Crippen LogP contribution in [0.3, 0.4) is 0 Å². The number of hydrogen-bond donors (Lipinski definition) is 2. The molecule has 0 saturated carbocycles. The Balaban J connectivity index is 2.99. The molecule has 0 aliphatic heterocycles. The molecule has 0 amide bonds. The molecule has 0 spiro atoms. The Morgan fingerprint density at radius 2 is 1.69 bits per heavy atom. The number of nitrogens with one attached hydrogen (secondary N) is 1. The minimum absolute atomic E-state index is 0.137. The second-order valence-electron chi connectivity index (χ2n) is 2.96. The fourth-order valence-electron chi connectivity index (χ4n) is 1.00. The molecule has 3 N–H and O–H groups in total. The van der Waals surface area contributed by atoms with E-state index in [0.29, 0.717) is 12.1 Å². The first-order valence-electron chi connectivity index (χ1n) is 4.21. The van der Waals surface area contributed by atoms with Crippen molar-refractivity contribution in [3.8, 4) is 0 Å². The van der Waals surface area contributed by atoms with Gasteiger partial charge in [-0.25, -0.2) is 21.6 Å². The Morgan fingerprint density at radius 3 is 2.12 bits per heavy atom. The predicted octanol–water partition coefficient (Wildman–Crippen LogP) is 0.804. The predicted molar refractivity (Wildman–Crippen MR) is 52.8 cm³/mol. The van der Waals surface area contributed by atoms with E-state index in [4.69, 9.17) is 5.73 Å². The van der Waals surface area contributed by atoms with Crippen molar-refractivity contribution >= 4 is 15.7 Å². The molecule has 0 radical (unpaired) electrons. The van der Waals surface area contributed by atoms with Gasteiger partial charge in [-0.1, -0.05) is 0 Å². The van der Waals surface area contributed by atoms with Gasteiger partial charge in [-0.2, -0.15) is 0 Å². The van der Waals surface area contributed by atoms with Crippen molar-refractivity contribution in [3.63, 3.8) is 0 Å². The number of nitrogens with two attached hydrogens (primary N) is 1. The van der Waals surface area contributed by atoms with Crippen LogP contribution < -0.4 is 10.5 Å². The quantitative estimate of drug-likeness (QED) is 0.781. The van der Waals surface area contributed by atoms with Crippen molar-refractivity contribution in [2.45, 2.75) is 0 Å². The van der Waals surface area contributed by atoms with Gasteiger partial charge in [0.05, 0.1) is 11.4 Å². The van der Waals surface area contributed by atoms with Gasteiger partial charge in [0, 0.05) is 18.7 Å². The first-order chi connectivity index (χ1) is 7.35. The maximum atomic E-state index is 12.7. The highest BCUT2D eigenvalue weighted by Gasteiger charge is 2.14. The molecular formula is C8H9F3N2O2S. The van der Waals surface area contributed by atoms with Crippen LogP contribution >= 0.6 is 0 Å². The van der Waals surface area contributed by atoms with E-state index in [1.807, 2.05) is 4.72 Å². The summed E-state index contributed by atoms with van der Waals surface area (Å²) in [7, 11) is -3.76. The minimum atomic E-state index is -3.76. The summed E-state index contributed by atoms with van der Waals surface area (Å²) in [5.74, 6) is -4.98. The number of halogens is 3. The fourth-order valence-corrected chi connectivity index (χ4v) is 1.89. The number of hydrogen-bond acceptors (Lipinski definition) is 3. The molecule has 0 aliphatic rings. The Kier molecular flexibility index (Phi) is 3.76. The molecule has 1 rings (SSSR count). The van der Waals surface area contributed by atoms with Gasteiger partial charge in [0.2, 0.25) is 10.0 Å². The SMILES string of the molecule is NCCS(=O)(=O)Nc1cc(F)c(F)c(F)c1. The lowest BCUT2D eigenvalue weighted by Crippen LogP contribution is -2.22. The zero-order chi connectivity index (χ0) is 12.3. The Morgan fingerprint density at radius 1 is 1.19 bits per heavy atom. The molecule has 16 heavy (non-hydrogen) atoms. The molecule has 0 bridgehead atoms. The van der Waals surface area contributed by atoms with Gasteiger partial charge in [-0.05, 0) is 0 Å². The summed E-state index contributed by atoms with van der Waals surface area (Å²) in [6.07, 6.45) is 0. The smallest absolute Gasteiger partial charge is 0.233 e. The third kappa shape index (κ3) is 3.11. The van der Waals surface area contributed by atoms with Crippen LogP contribution in [-0.2, 0) is 10.0 Å². The molecule has 0 fully saturated rings. The van der Waals surface area contributed by atoms with Crippen molar-refractivity contribution in [1.82, 2.24) is 0 Å². The third-order valence-corrected chi connectivity index (χ3v) is 2.96. The lowest BCUT2D eigenvalue weighted by Gasteiger charge is -2.07. The van der Waals surface area contributed by atoms with E-state index in [1.165, 1.54) is 0 Å². The highest BCUT2D eigenvalue weighted by molar-refractivity contribution is 7.92. The van der Waals surface area contributed by atoms with Crippen molar-refractivity contribution in [2.75, 3.05) is 17.0 Å². The van der Waals surface area contributed by atoms with E-state index >= 15 is 0 Å². The van der Waals surface area contributed by atoms with Crippen LogP contribution in [0.4, 0.5) is 18.9 Å². The molecule has 1 aromatic rings. The average molecular weight is 254 g/mol. The van der Waals surface area contributed by atoms with E-state index in [9.17, 15) is 21.6 Å². The summed E-state index contributed by atoms with van der Waals surface area (Å²) in [5, 5.41) is 0. The molecule has 0 unspecified atom stereocenters. The highest BCUT2D eigenvalue weighted by atomic mass is 32.2. The highest BCUT2D eigenvalue weighted by Crippen LogP contribution is 2.18. The monoisotopic (exact) mass is 254 g/mol. The van der Waals surface area contributed by atoms with Crippen LogP contribution in [0.1, 0.15) is 0 Å². The second-order valence-corrected chi connectivity index (χ2v) is 4.81. The van der Waals surface area contributed by atoms with E-state index < -0.39 is 33.2 Å². The Hall–Kier alpha value is -1.28.